The Hall–Kier alpha value is -0.980. The highest BCUT2D eigenvalue weighted by Gasteiger charge is 2.14. The van der Waals surface area contributed by atoms with Gasteiger partial charge >= 0.3 is 0 Å². The molecule has 90 valence electrons. The van der Waals surface area contributed by atoms with Gasteiger partial charge in [-0.15, -0.1) is 0 Å². The lowest BCUT2D eigenvalue weighted by atomic mass is 9.91. The van der Waals surface area contributed by atoms with Gasteiger partial charge in [0.25, 0.3) is 10.2 Å². The molecule has 0 bridgehead atoms. The maximum atomic E-state index is 10.7. The highest BCUT2D eigenvalue weighted by molar-refractivity contribution is 7.87. The first-order valence-corrected chi connectivity index (χ1v) is 6.46. The molecule has 1 aromatic rings. The fraction of sp³-hybridized carbons (Fsp3) is 0.500. The third-order valence-corrected chi connectivity index (χ3v) is 2.62. The first-order valence-electron chi connectivity index (χ1n) is 4.91. The van der Waals surface area contributed by atoms with Crippen molar-refractivity contribution in [3.63, 3.8) is 0 Å². The molecule has 0 saturated carbocycles. The standard InChI is InChI=1S/C10H17N3O2S/c1-10(2,3)9-5-4-8(6-12-9)7-13-16(11,14)15/h4-6,13H,7H2,1-3H3,(H2,11,14,15). The van der Waals surface area contributed by atoms with Crippen LogP contribution in [0.25, 0.3) is 0 Å². The van der Waals surface area contributed by atoms with Gasteiger partial charge in [-0.1, -0.05) is 26.8 Å². The average molecular weight is 243 g/mol. The Kier molecular flexibility index (Phi) is 3.67. The van der Waals surface area contributed by atoms with E-state index in [0.717, 1.165) is 11.3 Å². The monoisotopic (exact) mass is 243 g/mol. The second-order valence-electron chi connectivity index (χ2n) is 4.67. The number of nitrogens with zero attached hydrogens (tertiary/aromatic N) is 1. The predicted octanol–water partition coefficient (Wildman–Crippen LogP) is 0.672. The van der Waals surface area contributed by atoms with Crippen molar-refractivity contribution >= 4 is 10.2 Å². The lowest BCUT2D eigenvalue weighted by Gasteiger charge is -2.17. The van der Waals surface area contributed by atoms with Crippen LogP contribution in [-0.2, 0) is 22.2 Å². The minimum atomic E-state index is -3.64. The van der Waals surface area contributed by atoms with Gasteiger partial charge in [0, 0.05) is 23.9 Å². The van der Waals surface area contributed by atoms with E-state index < -0.39 is 10.2 Å². The van der Waals surface area contributed by atoms with E-state index >= 15 is 0 Å². The van der Waals surface area contributed by atoms with Crippen LogP contribution in [0.4, 0.5) is 0 Å². The molecule has 5 nitrogen and oxygen atoms in total. The van der Waals surface area contributed by atoms with Gasteiger partial charge in [-0.2, -0.15) is 13.1 Å². The summed E-state index contributed by atoms with van der Waals surface area (Å²) in [4.78, 5) is 4.27. The second kappa shape index (κ2) is 4.48. The number of nitrogens with one attached hydrogen (secondary N) is 1. The quantitative estimate of drug-likeness (QED) is 0.818. The fourth-order valence-corrected chi connectivity index (χ4v) is 1.52. The molecular formula is C10H17N3O2S. The third-order valence-electron chi connectivity index (χ3n) is 2.07. The lowest BCUT2D eigenvalue weighted by Crippen LogP contribution is -2.30. The minimum Gasteiger partial charge on any atom is -0.260 e. The van der Waals surface area contributed by atoms with E-state index in [1.807, 2.05) is 12.1 Å². The molecule has 0 spiro atoms. The minimum absolute atomic E-state index is 0.00803. The van der Waals surface area contributed by atoms with Gasteiger partial charge in [-0.05, 0) is 11.6 Å². The van der Waals surface area contributed by atoms with Gasteiger partial charge in [-0.25, -0.2) is 5.14 Å². The summed E-state index contributed by atoms with van der Waals surface area (Å²) in [7, 11) is -3.64. The van der Waals surface area contributed by atoms with Crippen LogP contribution in [0.5, 0.6) is 0 Å². The van der Waals surface area contributed by atoms with Crippen molar-refractivity contribution in [2.75, 3.05) is 0 Å². The van der Waals surface area contributed by atoms with E-state index in [2.05, 4.69) is 30.5 Å². The van der Waals surface area contributed by atoms with Crippen LogP contribution in [-0.4, -0.2) is 13.4 Å². The fourth-order valence-electron chi connectivity index (χ4n) is 1.16. The predicted molar refractivity (Wildman–Crippen MR) is 62.9 cm³/mol. The number of hydrogen-bond acceptors (Lipinski definition) is 3. The molecule has 3 N–H and O–H groups in total. The van der Waals surface area contributed by atoms with Crippen LogP contribution in [0.2, 0.25) is 0 Å². The van der Waals surface area contributed by atoms with Crippen molar-refractivity contribution in [1.82, 2.24) is 9.71 Å². The van der Waals surface area contributed by atoms with Crippen molar-refractivity contribution in [3.05, 3.63) is 29.6 Å². The van der Waals surface area contributed by atoms with Crippen molar-refractivity contribution in [2.45, 2.75) is 32.7 Å². The molecule has 0 radical (unpaired) electrons. The molecule has 0 amide bonds. The first-order chi connectivity index (χ1) is 7.18. The number of pyridine rings is 1. The van der Waals surface area contributed by atoms with Crippen LogP contribution in [0.1, 0.15) is 32.0 Å². The molecule has 0 aliphatic heterocycles. The molecule has 1 heterocycles. The Labute approximate surface area is 96.3 Å². The van der Waals surface area contributed by atoms with Gasteiger partial charge in [0.05, 0.1) is 0 Å². The highest BCUT2D eigenvalue weighted by atomic mass is 32.2. The summed E-state index contributed by atoms with van der Waals surface area (Å²) in [6, 6.07) is 3.73. The Balaban J connectivity index is 2.73. The summed E-state index contributed by atoms with van der Waals surface area (Å²) in [5.74, 6) is 0. The number of nitrogens with two attached hydrogens (primary N) is 1. The molecule has 0 aliphatic rings. The summed E-state index contributed by atoms with van der Waals surface area (Å²) in [6.45, 7) is 6.36. The SMILES string of the molecule is CC(C)(C)c1ccc(CNS(N)(=O)=O)cn1. The van der Waals surface area contributed by atoms with Crippen LogP contribution in [0, 0.1) is 0 Å². The van der Waals surface area contributed by atoms with Crippen molar-refractivity contribution in [3.8, 4) is 0 Å². The first kappa shape index (κ1) is 13.1. The molecule has 1 aromatic heterocycles. The molecule has 1 rings (SSSR count). The number of hydrogen-bond donors (Lipinski definition) is 2. The Morgan fingerprint density at radius 1 is 1.38 bits per heavy atom. The molecule has 0 atom stereocenters. The largest absolute Gasteiger partial charge is 0.274 e. The van der Waals surface area contributed by atoms with E-state index in [1.165, 1.54) is 0 Å². The van der Waals surface area contributed by atoms with Crippen molar-refractivity contribution < 1.29 is 8.42 Å². The summed E-state index contributed by atoms with van der Waals surface area (Å²) < 4.78 is 23.6. The van der Waals surface area contributed by atoms with E-state index in [9.17, 15) is 8.42 Å². The zero-order valence-corrected chi connectivity index (χ0v) is 10.5. The Morgan fingerprint density at radius 2 is 2.00 bits per heavy atom. The number of rotatable bonds is 3. The van der Waals surface area contributed by atoms with Crippen molar-refractivity contribution in [2.24, 2.45) is 5.14 Å². The van der Waals surface area contributed by atoms with Gasteiger partial charge in [0.2, 0.25) is 0 Å². The molecule has 0 unspecified atom stereocenters. The average Bonchev–Trinajstić information content (AvgIpc) is 2.13. The van der Waals surface area contributed by atoms with Crippen molar-refractivity contribution in [1.29, 1.82) is 0 Å². The van der Waals surface area contributed by atoms with Crippen LogP contribution in [0.15, 0.2) is 18.3 Å². The van der Waals surface area contributed by atoms with Gasteiger partial charge in [0.1, 0.15) is 0 Å². The molecule has 16 heavy (non-hydrogen) atoms. The second-order valence-corrected chi connectivity index (χ2v) is 6.05. The molecular weight excluding hydrogens is 226 g/mol. The molecule has 0 fully saturated rings. The summed E-state index contributed by atoms with van der Waals surface area (Å²) >= 11 is 0. The number of aromatic nitrogens is 1. The smallest absolute Gasteiger partial charge is 0.260 e. The van der Waals surface area contributed by atoms with Gasteiger partial charge < -0.3 is 0 Å². The van der Waals surface area contributed by atoms with E-state index in [4.69, 9.17) is 5.14 Å². The summed E-state index contributed by atoms with van der Waals surface area (Å²) in [6.07, 6.45) is 1.65. The molecule has 0 saturated heterocycles. The van der Waals surface area contributed by atoms with E-state index in [1.54, 1.807) is 6.20 Å². The molecule has 6 heteroatoms. The zero-order chi connectivity index (χ0) is 12.4. The topological polar surface area (TPSA) is 85.1 Å². The third kappa shape index (κ3) is 4.26. The summed E-state index contributed by atoms with van der Waals surface area (Å²) in [5, 5.41) is 4.82. The van der Waals surface area contributed by atoms with E-state index in [-0.39, 0.29) is 12.0 Å². The van der Waals surface area contributed by atoms with Crippen LogP contribution < -0.4 is 9.86 Å². The maximum absolute atomic E-state index is 10.7. The summed E-state index contributed by atoms with van der Waals surface area (Å²) in [5.41, 5.74) is 1.74. The molecule has 0 aromatic carbocycles. The lowest BCUT2D eigenvalue weighted by molar-refractivity contribution is 0.567. The zero-order valence-electron chi connectivity index (χ0n) is 9.69. The Bertz CT molecular complexity index is 446. The van der Waals surface area contributed by atoms with Gasteiger partial charge in [-0.3, -0.25) is 4.98 Å². The van der Waals surface area contributed by atoms with E-state index in [0.29, 0.717) is 0 Å². The van der Waals surface area contributed by atoms with Crippen LogP contribution >= 0.6 is 0 Å². The maximum Gasteiger partial charge on any atom is 0.274 e. The highest BCUT2D eigenvalue weighted by Crippen LogP contribution is 2.19. The van der Waals surface area contributed by atoms with Gasteiger partial charge in [0.15, 0.2) is 0 Å². The van der Waals surface area contributed by atoms with Crippen LogP contribution in [0.3, 0.4) is 0 Å². The Morgan fingerprint density at radius 3 is 2.38 bits per heavy atom. The normalized spacial score (nSPS) is 12.8. The molecule has 0 aliphatic carbocycles.